The first kappa shape index (κ1) is 20.4. The molecular weight excluding hydrogens is 368 g/mol. The van der Waals surface area contributed by atoms with Crippen LogP contribution in [0.3, 0.4) is 0 Å². The van der Waals surface area contributed by atoms with Crippen molar-refractivity contribution in [1.82, 2.24) is 15.6 Å². The summed E-state index contributed by atoms with van der Waals surface area (Å²) in [4.78, 5) is 8.53. The van der Waals surface area contributed by atoms with E-state index in [9.17, 15) is 0 Å². The van der Waals surface area contributed by atoms with E-state index in [1.54, 1.807) is 44.4 Å². The molecule has 1 aromatic carbocycles. The van der Waals surface area contributed by atoms with Crippen molar-refractivity contribution in [2.75, 3.05) is 40.1 Å². The lowest BCUT2D eigenvalue weighted by Gasteiger charge is -2.13. The maximum Gasteiger partial charge on any atom is 0.190 e. The molecule has 0 saturated heterocycles. The number of hydrogen-bond donors (Lipinski definition) is 2. The molecule has 0 aliphatic carbocycles. The van der Waals surface area contributed by atoms with Crippen LogP contribution in [0.1, 0.15) is 12.0 Å². The van der Waals surface area contributed by atoms with Gasteiger partial charge in [0.05, 0.1) is 14.2 Å². The van der Waals surface area contributed by atoms with Crippen molar-refractivity contribution in [3.63, 3.8) is 0 Å². The first-order valence-electron chi connectivity index (χ1n) is 8.44. The fraction of sp³-hybridized carbons (Fsp3) is 0.444. The van der Waals surface area contributed by atoms with Crippen LogP contribution in [0.15, 0.2) is 39.1 Å². The zero-order valence-corrected chi connectivity index (χ0v) is 17.1. The van der Waals surface area contributed by atoms with Crippen molar-refractivity contribution in [2.24, 2.45) is 4.99 Å². The third kappa shape index (κ3) is 6.76. The fourth-order valence-electron chi connectivity index (χ4n) is 2.30. The average Bonchev–Trinajstić information content (AvgIpc) is 3.19. The highest BCUT2D eigenvalue weighted by Crippen LogP contribution is 2.27. The minimum absolute atomic E-state index is 0.748. The molecule has 8 heteroatoms. The molecule has 2 N–H and O–H groups in total. The van der Waals surface area contributed by atoms with E-state index in [4.69, 9.17) is 9.47 Å². The Kier molecular flexibility index (Phi) is 9.13. The minimum Gasteiger partial charge on any atom is -0.493 e. The fourth-order valence-corrected chi connectivity index (χ4v) is 3.95. The standard InChI is InChI=1S/C18H26N4O2S2/c1-19-17(20-8-4-11-25-18-22-10-12-26-18)21-9-7-14-5-6-15(23-2)16(13-14)24-3/h5-6,10,12-13H,4,7-9,11H2,1-3H3,(H2,19,20,21). The van der Waals surface area contributed by atoms with E-state index in [0.717, 1.165) is 53.5 Å². The van der Waals surface area contributed by atoms with Gasteiger partial charge in [0, 0.05) is 37.5 Å². The average molecular weight is 395 g/mol. The van der Waals surface area contributed by atoms with Crippen LogP contribution in [0.2, 0.25) is 0 Å². The zero-order chi connectivity index (χ0) is 18.6. The van der Waals surface area contributed by atoms with Crippen LogP contribution >= 0.6 is 23.1 Å². The molecule has 0 radical (unpaired) electrons. The minimum atomic E-state index is 0.748. The molecule has 1 aromatic heterocycles. The topological polar surface area (TPSA) is 67.8 Å². The summed E-state index contributed by atoms with van der Waals surface area (Å²) in [5, 5.41) is 8.68. The molecule has 6 nitrogen and oxygen atoms in total. The Morgan fingerprint density at radius 2 is 2.00 bits per heavy atom. The van der Waals surface area contributed by atoms with Crippen molar-refractivity contribution in [3.05, 3.63) is 35.3 Å². The van der Waals surface area contributed by atoms with Gasteiger partial charge in [0.15, 0.2) is 17.5 Å². The Balaban J connectivity index is 1.65. The van der Waals surface area contributed by atoms with Crippen LogP contribution < -0.4 is 20.1 Å². The highest BCUT2D eigenvalue weighted by molar-refractivity contribution is 8.00. The first-order valence-corrected chi connectivity index (χ1v) is 10.3. The number of ether oxygens (including phenoxy) is 2. The third-order valence-electron chi connectivity index (χ3n) is 3.63. The van der Waals surface area contributed by atoms with E-state index < -0.39 is 0 Å². The highest BCUT2D eigenvalue weighted by Gasteiger charge is 2.05. The van der Waals surface area contributed by atoms with Crippen LogP contribution in [-0.4, -0.2) is 51.1 Å². The van der Waals surface area contributed by atoms with Crippen molar-refractivity contribution in [1.29, 1.82) is 0 Å². The molecule has 0 bridgehead atoms. The summed E-state index contributed by atoms with van der Waals surface area (Å²) in [5.74, 6) is 3.37. The summed E-state index contributed by atoms with van der Waals surface area (Å²) in [6.45, 7) is 1.68. The van der Waals surface area contributed by atoms with Crippen LogP contribution in [0.5, 0.6) is 11.5 Å². The SMILES string of the molecule is CN=C(NCCCSc1nccs1)NCCc1ccc(OC)c(OC)c1. The van der Waals surface area contributed by atoms with Crippen LogP contribution in [0.4, 0.5) is 0 Å². The van der Waals surface area contributed by atoms with Gasteiger partial charge in [-0.2, -0.15) is 0 Å². The van der Waals surface area contributed by atoms with Gasteiger partial charge in [-0.3, -0.25) is 4.99 Å². The van der Waals surface area contributed by atoms with Gasteiger partial charge in [0.2, 0.25) is 0 Å². The monoisotopic (exact) mass is 394 g/mol. The predicted octanol–water partition coefficient (Wildman–Crippen LogP) is 3.05. The summed E-state index contributed by atoms with van der Waals surface area (Å²) < 4.78 is 11.7. The lowest BCUT2D eigenvalue weighted by Crippen LogP contribution is -2.38. The number of guanidine groups is 1. The molecule has 0 atom stereocenters. The van der Waals surface area contributed by atoms with Crippen LogP contribution in [0.25, 0.3) is 0 Å². The number of benzene rings is 1. The summed E-state index contributed by atoms with van der Waals surface area (Å²) in [6, 6.07) is 5.99. The maximum atomic E-state index is 5.34. The molecule has 0 saturated carbocycles. The van der Waals surface area contributed by atoms with Crippen molar-refractivity contribution >= 4 is 29.1 Å². The molecule has 142 valence electrons. The smallest absolute Gasteiger partial charge is 0.190 e. The Morgan fingerprint density at radius 3 is 2.69 bits per heavy atom. The maximum absolute atomic E-state index is 5.34. The summed E-state index contributed by atoms with van der Waals surface area (Å²) >= 11 is 3.48. The Labute approximate surface area is 163 Å². The van der Waals surface area contributed by atoms with E-state index in [1.165, 1.54) is 5.56 Å². The van der Waals surface area contributed by atoms with Gasteiger partial charge in [0.25, 0.3) is 0 Å². The molecule has 0 aliphatic rings. The van der Waals surface area contributed by atoms with Crippen LogP contribution in [0, 0.1) is 0 Å². The molecular formula is C18H26N4O2S2. The van der Waals surface area contributed by atoms with Crippen LogP contribution in [-0.2, 0) is 6.42 Å². The summed E-state index contributed by atoms with van der Waals surface area (Å²) in [7, 11) is 5.08. The number of thioether (sulfide) groups is 1. The van der Waals surface area contributed by atoms with Crippen molar-refractivity contribution in [3.8, 4) is 11.5 Å². The molecule has 0 unspecified atom stereocenters. The predicted molar refractivity (Wildman–Crippen MR) is 110 cm³/mol. The highest BCUT2D eigenvalue weighted by atomic mass is 32.2. The molecule has 1 heterocycles. The van der Waals surface area contributed by atoms with Gasteiger partial charge in [-0.05, 0) is 30.5 Å². The van der Waals surface area contributed by atoms with Gasteiger partial charge >= 0.3 is 0 Å². The van der Waals surface area contributed by atoms with Crippen molar-refractivity contribution in [2.45, 2.75) is 17.2 Å². The van der Waals surface area contributed by atoms with Gasteiger partial charge < -0.3 is 20.1 Å². The van der Waals surface area contributed by atoms with E-state index in [-0.39, 0.29) is 0 Å². The molecule has 2 aromatic rings. The van der Waals surface area contributed by atoms with E-state index in [1.807, 2.05) is 23.7 Å². The second-order valence-corrected chi connectivity index (χ2v) is 7.60. The Hall–Kier alpha value is -1.93. The number of thiazole rings is 1. The van der Waals surface area contributed by atoms with Gasteiger partial charge in [0.1, 0.15) is 4.34 Å². The molecule has 0 spiro atoms. The largest absolute Gasteiger partial charge is 0.493 e. The third-order valence-corrected chi connectivity index (χ3v) is 5.68. The molecule has 2 rings (SSSR count). The second kappa shape index (κ2) is 11.6. The second-order valence-electron chi connectivity index (χ2n) is 5.37. The van der Waals surface area contributed by atoms with E-state index in [2.05, 4.69) is 26.7 Å². The number of aromatic nitrogens is 1. The van der Waals surface area contributed by atoms with E-state index >= 15 is 0 Å². The molecule has 0 amide bonds. The number of methoxy groups -OCH3 is 2. The van der Waals surface area contributed by atoms with Crippen molar-refractivity contribution < 1.29 is 9.47 Å². The lowest BCUT2D eigenvalue weighted by molar-refractivity contribution is 0.354. The number of aliphatic imine (C=N–C) groups is 1. The van der Waals surface area contributed by atoms with Gasteiger partial charge in [-0.25, -0.2) is 4.98 Å². The number of nitrogens with zero attached hydrogens (tertiary/aromatic N) is 2. The summed E-state index contributed by atoms with van der Waals surface area (Å²) in [6.07, 6.45) is 3.77. The van der Waals surface area contributed by atoms with Gasteiger partial charge in [-0.1, -0.05) is 17.8 Å². The number of nitrogens with one attached hydrogen (secondary N) is 2. The summed E-state index contributed by atoms with van der Waals surface area (Å²) in [5.41, 5.74) is 1.19. The Bertz CT molecular complexity index is 678. The quantitative estimate of drug-likeness (QED) is 0.279. The Morgan fingerprint density at radius 1 is 1.19 bits per heavy atom. The molecule has 26 heavy (non-hydrogen) atoms. The normalized spacial score (nSPS) is 11.3. The number of rotatable bonds is 10. The number of hydrogen-bond acceptors (Lipinski definition) is 6. The first-order chi connectivity index (χ1) is 12.8. The molecule has 0 aliphatic heterocycles. The lowest BCUT2D eigenvalue weighted by atomic mass is 10.1. The van der Waals surface area contributed by atoms with E-state index in [0.29, 0.717) is 0 Å². The van der Waals surface area contributed by atoms with Gasteiger partial charge in [-0.15, -0.1) is 11.3 Å². The molecule has 0 fully saturated rings. The zero-order valence-electron chi connectivity index (χ0n) is 15.4.